The number of ether oxygens (including phenoxy) is 1. The van der Waals surface area contributed by atoms with Gasteiger partial charge in [-0.05, 0) is 41.9 Å². The first-order chi connectivity index (χ1) is 10.7. The second-order valence-corrected chi connectivity index (χ2v) is 5.05. The van der Waals surface area contributed by atoms with E-state index in [1.54, 1.807) is 7.11 Å². The molecule has 0 aliphatic heterocycles. The van der Waals surface area contributed by atoms with Crippen LogP contribution in [0.5, 0.6) is 5.75 Å². The fourth-order valence-corrected chi connectivity index (χ4v) is 2.16. The predicted molar refractivity (Wildman–Crippen MR) is 89.2 cm³/mol. The third kappa shape index (κ3) is 4.90. The van der Waals surface area contributed by atoms with E-state index in [0.29, 0.717) is 6.42 Å². The summed E-state index contributed by atoms with van der Waals surface area (Å²) in [6.07, 6.45) is 0.349. The van der Waals surface area contributed by atoms with Crippen molar-refractivity contribution in [3.05, 3.63) is 59.7 Å². The van der Waals surface area contributed by atoms with Crippen molar-refractivity contribution >= 4 is 11.6 Å². The van der Waals surface area contributed by atoms with Crippen molar-refractivity contribution in [2.75, 3.05) is 19.0 Å². The molecule has 0 aliphatic carbocycles. The zero-order valence-electron chi connectivity index (χ0n) is 13.1. The normalized spacial score (nSPS) is 10.3. The van der Waals surface area contributed by atoms with E-state index in [4.69, 9.17) is 4.74 Å². The summed E-state index contributed by atoms with van der Waals surface area (Å²) >= 11 is 0. The summed E-state index contributed by atoms with van der Waals surface area (Å²) in [6.45, 7) is 3.80. The Labute approximate surface area is 131 Å². The summed E-state index contributed by atoms with van der Waals surface area (Å²) in [5, 5.41) is 6.21. The Morgan fingerprint density at radius 1 is 1.09 bits per heavy atom. The molecule has 0 atom stereocenters. The molecule has 0 spiro atoms. The van der Waals surface area contributed by atoms with Crippen LogP contribution < -0.4 is 15.4 Å². The molecule has 2 aromatic carbocycles. The predicted octanol–water partition coefficient (Wildman–Crippen LogP) is 2.99. The average molecular weight is 298 g/mol. The lowest BCUT2D eigenvalue weighted by atomic mass is 10.1. The fraction of sp³-hybridized carbons (Fsp3) is 0.278. The fourth-order valence-electron chi connectivity index (χ4n) is 2.16. The van der Waals surface area contributed by atoms with Gasteiger partial charge in [0, 0.05) is 12.2 Å². The SMILES string of the molecule is CCNCc1cccc(NC(=O)Cc2ccc(OC)cc2)c1. The molecule has 0 saturated carbocycles. The van der Waals surface area contributed by atoms with Crippen LogP contribution in [-0.4, -0.2) is 19.6 Å². The Hall–Kier alpha value is -2.33. The minimum atomic E-state index is -0.0224. The minimum absolute atomic E-state index is 0.0224. The quantitative estimate of drug-likeness (QED) is 0.826. The van der Waals surface area contributed by atoms with Gasteiger partial charge in [-0.2, -0.15) is 0 Å². The van der Waals surface area contributed by atoms with Gasteiger partial charge < -0.3 is 15.4 Å². The Bertz CT molecular complexity index is 609. The van der Waals surface area contributed by atoms with Gasteiger partial charge >= 0.3 is 0 Å². The van der Waals surface area contributed by atoms with Crippen LogP contribution in [0.2, 0.25) is 0 Å². The van der Waals surface area contributed by atoms with E-state index in [-0.39, 0.29) is 5.91 Å². The maximum absolute atomic E-state index is 12.1. The van der Waals surface area contributed by atoms with Crippen LogP contribution in [0.25, 0.3) is 0 Å². The molecule has 2 N–H and O–H groups in total. The zero-order valence-corrected chi connectivity index (χ0v) is 13.1. The van der Waals surface area contributed by atoms with Crippen molar-refractivity contribution in [2.45, 2.75) is 19.9 Å². The topological polar surface area (TPSA) is 50.4 Å². The highest BCUT2D eigenvalue weighted by Gasteiger charge is 2.05. The number of anilines is 1. The van der Waals surface area contributed by atoms with E-state index in [1.807, 2.05) is 48.5 Å². The molecule has 2 aromatic rings. The van der Waals surface area contributed by atoms with Crippen molar-refractivity contribution in [3.63, 3.8) is 0 Å². The molecule has 116 valence electrons. The summed E-state index contributed by atoms with van der Waals surface area (Å²) in [6, 6.07) is 15.4. The molecular weight excluding hydrogens is 276 g/mol. The highest BCUT2D eigenvalue weighted by molar-refractivity contribution is 5.92. The van der Waals surface area contributed by atoms with E-state index < -0.39 is 0 Å². The van der Waals surface area contributed by atoms with Gasteiger partial charge in [0.15, 0.2) is 0 Å². The number of benzene rings is 2. The molecule has 0 bridgehead atoms. The largest absolute Gasteiger partial charge is 0.497 e. The first-order valence-electron chi connectivity index (χ1n) is 7.43. The van der Waals surface area contributed by atoms with Gasteiger partial charge in [-0.15, -0.1) is 0 Å². The summed E-state index contributed by atoms with van der Waals surface area (Å²) in [5.41, 5.74) is 2.94. The highest BCUT2D eigenvalue weighted by atomic mass is 16.5. The number of carbonyl (C=O) groups is 1. The first-order valence-corrected chi connectivity index (χ1v) is 7.43. The van der Waals surface area contributed by atoms with Gasteiger partial charge in [0.1, 0.15) is 5.75 Å². The Kier molecular flexibility index (Phi) is 5.98. The lowest BCUT2D eigenvalue weighted by molar-refractivity contribution is -0.115. The zero-order chi connectivity index (χ0) is 15.8. The van der Waals surface area contributed by atoms with Crippen LogP contribution in [0.4, 0.5) is 5.69 Å². The summed E-state index contributed by atoms with van der Waals surface area (Å²) in [5.74, 6) is 0.769. The number of hydrogen-bond donors (Lipinski definition) is 2. The van der Waals surface area contributed by atoms with Crippen molar-refractivity contribution in [3.8, 4) is 5.75 Å². The number of rotatable bonds is 7. The molecule has 22 heavy (non-hydrogen) atoms. The molecule has 4 heteroatoms. The Balaban J connectivity index is 1.93. The maximum Gasteiger partial charge on any atom is 0.228 e. The lowest BCUT2D eigenvalue weighted by Gasteiger charge is -2.08. The molecule has 0 unspecified atom stereocenters. The molecule has 0 aliphatic rings. The molecular formula is C18H22N2O2. The van der Waals surface area contributed by atoms with E-state index in [0.717, 1.165) is 35.7 Å². The molecule has 0 fully saturated rings. The van der Waals surface area contributed by atoms with Crippen molar-refractivity contribution < 1.29 is 9.53 Å². The molecule has 2 rings (SSSR count). The van der Waals surface area contributed by atoms with Gasteiger partial charge in [0.2, 0.25) is 5.91 Å². The van der Waals surface area contributed by atoms with Crippen molar-refractivity contribution in [1.82, 2.24) is 5.32 Å². The maximum atomic E-state index is 12.1. The van der Waals surface area contributed by atoms with Crippen LogP contribution in [0.15, 0.2) is 48.5 Å². The van der Waals surface area contributed by atoms with Crippen LogP contribution in [-0.2, 0) is 17.8 Å². The van der Waals surface area contributed by atoms with Gasteiger partial charge in [0.25, 0.3) is 0 Å². The van der Waals surface area contributed by atoms with Crippen LogP contribution >= 0.6 is 0 Å². The van der Waals surface area contributed by atoms with Crippen LogP contribution in [0, 0.1) is 0 Å². The Morgan fingerprint density at radius 3 is 2.55 bits per heavy atom. The van der Waals surface area contributed by atoms with E-state index in [2.05, 4.69) is 17.6 Å². The third-order valence-electron chi connectivity index (χ3n) is 3.31. The molecule has 0 radical (unpaired) electrons. The number of methoxy groups -OCH3 is 1. The number of nitrogens with one attached hydrogen (secondary N) is 2. The van der Waals surface area contributed by atoms with Gasteiger partial charge in [0.05, 0.1) is 13.5 Å². The number of hydrogen-bond acceptors (Lipinski definition) is 3. The Morgan fingerprint density at radius 2 is 1.86 bits per heavy atom. The highest BCUT2D eigenvalue weighted by Crippen LogP contribution is 2.14. The van der Waals surface area contributed by atoms with E-state index in [9.17, 15) is 4.79 Å². The third-order valence-corrected chi connectivity index (χ3v) is 3.31. The van der Waals surface area contributed by atoms with E-state index in [1.165, 1.54) is 0 Å². The van der Waals surface area contributed by atoms with Gasteiger partial charge in [-0.1, -0.05) is 31.2 Å². The summed E-state index contributed by atoms with van der Waals surface area (Å²) in [4.78, 5) is 12.1. The van der Waals surface area contributed by atoms with Crippen LogP contribution in [0.3, 0.4) is 0 Å². The van der Waals surface area contributed by atoms with Crippen LogP contribution in [0.1, 0.15) is 18.1 Å². The molecule has 4 nitrogen and oxygen atoms in total. The minimum Gasteiger partial charge on any atom is -0.497 e. The van der Waals surface area contributed by atoms with Gasteiger partial charge in [-0.3, -0.25) is 4.79 Å². The monoisotopic (exact) mass is 298 g/mol. The standard InChI is InChI=1S/C18H22N2O2/c1-3-19-13-15-5-4-6-16(11-15)20-18(21)12-14-7-9-17(22-2)10-8-14/h4-11,19H,3,12-13H2,1-2H3,(H,20,21). The van der Waals surface area contributed by atoms with Gasteiger partial charge in [-0.25, -0.2) is 0 Å². The number of amides is 1. The molecule has 0 heterocycles. The second-order valence-electron chi connectivity index (χ2n) is 5.05. The first kappa shape index (κ1) is 16.0. The summed E-state index contributed by atoms with van der Waals surface area (Å²) < 4.78 is 5.11. The smallest absolute Gasteiger partial charge is 0.228 e. The molecule has 1 amide bonds. The average Bonchev–Trinajstić information content (AvgIpc) is 2.54. The lowest BCUT2D eigenvalue weighted by Crippen LogP contribution is -2.15. The molecule has 0 aromatic heterocycles. The van der Waals surface area contributed by atoms with Crippen molar-refractivity contribution in [2.24, 2.45) is 0 Å². The summed E-state index contributed by atoms with van der Waals surface area (Å²) in [7, 11) is 1.63. The number of carbonyl (C=O) groups excluding carboxylic acids is 1. The second kappa shape index (κ2) is 8.20. The molecule has 0 saturated heterocycles. The van der Waals surface area contributed by atoms with E-state index >= 15 is 0 Å². The van der Waals surface area contributed by atoms with Crippen molar-refractivity contribution in [1.29, 1.82) is 0 Å².